The molecule has 1 fully saturated rings. The van der Waals surface area contributed by atoms with Gasteiger partial charge in [-0.05, 0) is 57.9 Å². The van der Waals surface area contributed by atoms with E-state index in [4.69, 9.17) is 0 Å². The van der Waals surface area contributed by atoms with Gasteiger partial charge in [0.1, 0.15) is 0 Å². The predicted molar refractivity (Wildman–Crippen MR) is 110 cm³/mol. The summed E-state index contributed by atoms with van der Waals surface area (Å²) in [7, 11) is 0. The summed E-state index contributed by atoms with van der Waals surface area (Å²) in [5, 5.41) is 8.10. The van der Waals surface area contributed by atoms with Gasteiger partial charge in [-0.15, -0.1) is 0 Å². The van der Waals surface area contributed by atoms with E-state index in [9.17, 15) is 14.4 Å². The molecule has 1 unspecified atom stereocenters. The number of piperidine rings is 1. The van der Waals surface area contributed by atoms with Gasteiger partial charge in [-0.3, -0.25) is 19.3 Å². The highest BCUT2D eigenvalue weighted by Gasteiger charge is 2.19. The number of anilines is 1. The molecule has 0 aromatic heterocycles. The summed E-state index contributed by atoms with van der Waals surface area (Å²) in [5.74, 6) is -1.36. The number of carbonyl (C=O) groups is 3. The third kappa shape index (κ3) is 7.31. The Balaban J connectivity index is 1.73. The Morgan fingerprint density at radius 1 is 1.11 bits per heavy atom. The summed E-state index contributed by atoms with van der Waals surface area (Å²) in [5.41, 5.74) is 1.37. The number of nitrogens with one attached hydrogen (secondary N) is 3. The van der Waals surface area contributed by atoms with E-state index >= 15 is 0 Å². The van der Waals surface area contributed by atoms with Gasteiger partial charge in [0.05, 0.1) is 6.42 Å². The molecule has 2 rings (SSSR count). The lowest BCUT2D eigenvalue weighted by molar-refractivity contribution is -0.136. The van der Waals surface area contributed by atoms with Crippen LogP contribution in [0.15, 0.2) is 24.3 Å². The molecular formula is C21H32N4O3. The molecule has 1 heterocycles. The quantitative estimate of drug-likeness (QED) is 0.620. The third-order valence-corrected chi connectivity index (χ3v) is 4.86. The van der Waals surface area contributed by atoms with E-state index in [1.807, 2.05) is 13.8 Å². The molecule has 1 aromatic carbocycles. The van der Waals surface area contributed by atoms with Crippen molar-refractivity contribution in [2.75, 3.05) is 25.0 Å². The molecule has 1 aliphatic rings. The fourth-order valence-electron chi connectivity index (χ4n) is 3.34. The van der Waals surface area contributed by atoms with Crippen LogP contribution in [-0.2, 0) is 20.8 Å². The summed E-state index contributed by atoms with van der Waals surface area (Å²) in [6.45, 7) is 8.28. The number of amides is 3. The minimum atomic E-state index is -0.683. The van der Waals surface area contributed by atoms with Gasteiger partial charge in [0.15, 0.2) is 0 Å². The van der Waals surface area contributed by atoms with Gasteiger partial charge in [0.25, 0.3) is 0 Å². The van der Waals surface area contributed by atoms with Crippen LogP contribution < -0.4 is 16.0 Å². The van der Waals surface area contributed by atoms with Crippen LogP contribution in [0.1, 0.15) is 45.6 Å². The smallest absolute Gasteiger partial charge is 0.313 e. The van der Waals surface area contributed by atoms with Crippen LogP contribution in [0.2, 0.25) is 0 Å². The average molecular weight is 389 g/mol. The molecule has 1 aliphatic heterocycles. The highest BCUT2D eigenvalue weighted by molar-refractivity contribution is 6.39. The van der Waals surface area contributed by atoms with Gasteiger partial charge >= 0.3 is 11.8 Å². The van der Waals surface area contributed by atoms with Crippen molar-refractivity contribution in [1.82, 2.24) is 15.5 Å². The highest BCUT2D eigenvalue weighted by atomic mass is 16.2. The molecule has 1 atom stereocenters. The van der Waals surface area contributed by atoms with E-state index in [1.165, 1.54) is 19.3 Å². The maximum Gasteiger partial charge on any atom is 0.313 e. The van der Waals surface area contributed by atoms with Crippen molar-refractivity contribution in [2.45, 2.75) is 58.5 Å². The number of hydrogen-bond acceptors (Lipinski definition) is 4. The van der Waals surface area contributed by atoms with Gasteiger partial charge in [-0.1, -0.05) is 18.6 Å². The second kappa shape index (κ2) is 10.8. The Morgan fingerprint density at radius 3 is 2.46 bits per heavy atom. The molecule has 3 N–H and O–H groups in total. The van der Waals surface area contributed by atoms with E-state index in [2.05, 4.69) is 27.8 Å². The zero-order valence-corrected chi connectivity index (χ0v) is 17.1. The van der Waals surface area contributed by atoms with Crippen molar-refractivity contribution in [3.05, 3.63) is 29.8 Å². The topological polar surface area (TPSA) is 90.5 Å². The first-order valence-corrected chi connectivity index (χ1v) is 10.1. The van der Waals surface area contributed by atoms with Gasteiger partial charge in [-0.25, -0.2) is 0 Å². The summed E-state index contributed by atoms with van der Waals surface area (Å²) in [6, 6.07) is 7.55. The molecule has 28 heavy (non-hydrogen) atoms. The normalized spacial score (nSPS) is 17.2. The lowest BCUT2D eigenvalue weighted by Crippen LogP contribution is -2.44. The molecule has 3 amide bonds. The first-order valence-electron chi connectivity index (χ1n) is 10.1. The minimum Gasteiger partial charge on any atom is -0.354 e. The van der Waals surface area contributed by atoms with E-state index in [0.29, 0.717) is 18.3 Å². The van der Waals surface area contributed by atoms with Crippen LogP contribution in [0.4, 0.5) is 5.69 Å². The molecule has 7 nitrogen and oxygen atoms in total. The van der Waals surface area contributed by atoms with Crippen molar-refractivity contribution in [1.29, 1.82) is 0 Å². The molecule has 1 aromatic rings. The summed E-state index contributed by atoms with van der Waals surface area (Å²) in [6.07, 6.45) is 3.91. The first kappa shape index (κ1) is 21.9. The van der Waals surface area contributed by atoms with Crippen LogP contribution in [0.3, 0.4) is 0 Å². The average Bonchev–Trinajstić information content (AvgIpc) is 2.64. The molecule has 0 radical (unpaired) electrons. The van der Waals surface area contributed by atoms with Crippen LogP contribution in [0, 0.1) is 0 Å². The van der Waals surface area contributed by atoms with E-state index in [1.54, 1.807) is 24.3 Å². The Labute approximate surface area is 167 Å². The standard InChI is InChI=1S/C21H32N4O3/c1-15(2)23-19(26)14-17-7-9-18(10-8-17)24-21(28)20(27)22-11-13-25-12-5-4-6-16(25)3/h7-10,15-16H,4-6,11-14H2,1-3H3,(H,22,27)(H,23,26)(H,24,28). The van der Waals surface area contributed by atoms with E-state index in [0.717, 1.165) is 18.7 Å². The maximum absolute atomic E-state index is 12.0. The van der Waals surface area contributed by atoms with Gasteiger partial charge in [0.2, 0.25) is 5.91 Å². The Bertz CT molecular complexity index is 673. The zero-order valence-electron chi connectivity index (χ0n) is 17.1. The number of hydrogen-bond donors (Lipinski definition) is 3. The largest absolute Gasteiger partial charge is 0.354 e. The van der Waals surface area contributed by atoms with Crippen LogP contribution >= 0.6 is 0 Å². The number of likely N-dealkylation sites (tertiary alicyclic amines) is 1. The van der Waals surface area contributed by atoms with E-state index in [-0.39, 0.29) is 18.4 Å². The Hall–Kier alpha value is -2.41. The molecule has 0 aliphatic carbocycles. The molecule has 7 heteroatoms. The predicted octanol–water partition coefficient (Wildman–Crippen LogP) is 1.68. The van der Waals surface area contributed by atoms with E-state index < -0.39 is 11.8 Å². The lowest BCUT2D eigenvalue weighted by Gasteiger charge is -2.33. The summed E-state index contributed by atoms with van der Waals surface area (Å²) < 4.78 is 0. The Morgan fingerprint density at radius 2 is 1.82 bits per heavy atom. The highest BCUT2D eigenvalue weighted by Crippen LogP contribution is 2.15. The van der Waals surface area contributed by atoms with Gasteiger partial charge in [-0.2, -0.15) is 0 Å². The zero-order chi connectivity index (χ0) is 20.5. The van der Waals surface area contributed by atoms with Gasteiger partial charge in [0, 0.05) is 30.9 Å². The fraction of sp³-hybridized carbons (Fsp3) is 0.571. The van der Waals surface area contributed by atoms with Crippen molar-refractivity contribution in [3.63, 3.8) is 0 Å². The van der Waals surface area contributed by atoms with Crippen molar-refractivity contribution in [2.24, 2.45) is 0 Å². The number of benzene rings is 1. The molecule has 0 spiro atoms. The van der Waals surface area contributed by atoms with Crippen LogP contribution in [0.5, 0.6) is 0 Å². The fourth-order valence-corrected chi connectivity index (χ4v) is 3.34. The van der Waals surface area contributed by atoms with Crippen molar-refractivity contribution >= 4 is 23.4 Å². The lowest BCUT2D eigenvalue weighted by atomic mass is 10.0. The van der Waals surface area contributed by atoms with Gasteiger partial charge < -0.3 is 16.0 Å². The second-order valence-electron chi connectivity index (χ2n) is 7.69. The monoisotopic (exact) mass is 388 g/mol. The molecular weight excluding hydrogens is 356 g/mol. The molecule has 0 bridgehead atoms. The van der Waals surface area contributed by atoms with Crippen LogP contribution in [0.25, 0.3) is 0 Å². The summed E-state index contributed by atoms with van der Waals surface area (Å²) in [4.78, 5) is 38.1. The second-order valence-corrected chi connectivity index (χ2v) is 7.69. The van der Waals surface area contributed by atoms with Crippen molar-refractivity contribution in [3.8, 4) is 0 Å². The number of nitrogens with zero attached hydrogens (tertiary/aromatic N) is 1. The van der Waals surface area contributed by atoms with Crippen molar-refractivity contribution < 1.29 is 14.4 Å². The maximum atomic E-state index is 12.0. The number of rotatable bonds is 7. The number of carbonyl (C=O) groups excluding carboxylic acids is 3. The first-order chi connectivity index (χ1) is 13.3. The molecule has 1 saturated heterocycles. The SMILES string of the molecule is CC(C)NC(=O)Cc1ccc(NC(=O)C(=O)NCCN2CCCCC2C)cc1. The third-order valence-electron chi connectivity index (χ3n) is 4.86. The molecule has 154 valence electrons. The Kier molecular flexibility index (Phi) is 8.44. The molecule has 0 saturated carbocycles. The summed E-state index contributed by atoms with van der Waals surface area (Å²) >= 11 is 0. The van der Waals surface area contributed by atoms with Crippen LogP contribution in [-0.4, -0.2) is 54.3 Å². The minimum absolute atomic E-state index is 0.0470.